The molecule has 3 rings (SSSR count). The van der Waals surface area contributed by atoms with Crippen LogP contribution in [0.2, 0.25) is 0 Å². The molecule has 1 fully saturated rings. The summed E-state index contributed by atoms with van der Waals surface area (Å²) in [7, 11) is 0. The Bertz CT molecular complexity index is 654. The zero-order chi connectivity index (χ0) is 14.9. The lowest BCUT2D eigenvalue weighted by Crippen LogP contribution is -2.50. The number of nitrogens with zero attached hydrogens (tertiary/aromatic N) is 1. The van der Waals surface area contributed by atoms with Gasteiger partial charge in [-0.15, -0.1) is 0 Å². The van der Waals surface area contributed by atoms with Crippen molar-refractivity contribution in [2.45, 2.75) is 44.7 Å². The molecule has 1 aromatic carbocycles. The first-order valence-electron chi connectivity index (χ1n) is 7.60. The standard InChI is InChI=1S/C17H22N2O2/c1-13-10-19(15-7-3-2-6-14(13)15)11-16(21)18-17(12-20)8-4-5-9-17/h2-3,6-7,10,20H,4-5,8-9,11-12H2,1H3,(H,18,21). The van der Waals surface area contributed by atoms with Gasteiger partial charge in [0.15, 0.2) is 0 Å². The number of aliphatic hydroxyl groups is 1. The number of nitrogens with one attached hydrogen (secondary N) is 1. The summed E-state index contributed by atoms with van der Waals surface area (Å²) in [5.74, 6) is -0.0216. The Kier molecular flexibility index (Phi) is 3.72. The van der Waals surface area contributed by atoms with Crippen LogP contribution in [0.5, 0.6) is 0 Å². The van der Waals surface area contributed by atoms with Gasteiger partial charge in [0.1, 0.15) is 6.54 Å². The molecular formula is C17H22N2O2. The number of para-hydroxylation sites is 1. The largest absolute Gasteiger partial charge is 0.394 e. The summed E-state index contributed by atoms with van der Waals surface area (Å²) >= 11 is 0. The number of carbonyl (C=O) groups is 1. The Morgan fingerprint density at radius 1 is 1.33 bits per heavy atom. The first-order chi connectivity index (χ1) is 10.1. The molecule has 0 unspecified atom stereocenters. The fourth-order valence-electron chi connectivity index (χ4n) is 3.43. The molecule has 1 aliphatic rings. The van der Waals surface area contributed by atoms with Crippen LogP contribution in [0.25, 0.3) is 10.9 Å². The quantitative estimate of drug-likeness (QED) is 0.906. The van der Waals surface area contributed by atoms with Gasteiger partial charge in [-0.05, 0) is 31.4 Å². The molecule has 0 saturated heterocycles. The summed E-state index contributed by atoms with van der Waals surface area (Å²) in [5, 5.41) is 13.8. The van der Waals surface area contributed by atoms with E-state index < -0.39 is 5.54 Å². The predicted octanol–water partition coefficient (Wildman–Crippen LogP) is 2.37. The first-order valence-corrected chi connectivity index (χ1v) is 7.60. The van der Waals surface area contributed by atoms with Crippen molar-refractivity contribution in [1.29, 1.82) is 0 Å². The average Bonchev–Trinajstić information content (AvgIpc) is 3.06. The lowest BCUT2D eigenvalue weighted by molar-refractivity contribution is -0.124. The fourth-order valence-corrected chi connectivity index (χ4v) is 3.43. The second-order valence-electron chi connectivity index (χ2n) is 6.15. The fraction of sp³-hybridized carbons (Fsp3) is 0.471. The van der Waals surface area contributed by atoms with Crippen LogP contribution in [0.1, 0.15) is 31.2 Å². The van der Waals surface area contributed by atoms with Crippen LogP contribution in [-0.2, 0) is 11.3 Å². The molecule has 112 valence electrons. The highest BCUT2D eigenvalue weighted by Gasteiger charge is 2.34. The molecule has 2 aromatic rings. The number of amides is 1. The van der Waals surface area contributed by atoms with Gasteiger partial charge in [-0.3, -0.25) is 4.79 Å². The zero-order valence-corrected chi connectivity index (χ0v) is 12.4. The highest BCUT2D eigenvalue weighted by molar-refractivity contribution is 5.86. The average molecular weight is 286 g/mol. The number of fused-ring (bicyclic) bond motifs is 1. The van der Waals surface area contributed by atoms with Gasteiger partial charge in [0.2, 0.25) is 5.91 Å². The maximum absolute atomic E-state index is 12.3. The van der Waals surface area contributed by atoms with Crippen LogP contribution >= 0.6 is 0 Å². The van der Waals surface area contributed by atoms with E-state index in [9.17, 15) is 9.90 Å². The summed E-state index contributed by atoms with van der Waals surface area (Å²) in [6.45, 7) is 2.39. The molecule has 1 aromatic heterocycles. The number of aromatic nitrogens is 1. The predicted molar refractivity (Wildman–Crippen MR) is 83.1 cm³/mol. The lowest BCUT2D eigenvalue weighted by atomic mass is 9.99. The molecular weight excluding hydrogens is 264 g/mol. The van der Waals surface area contributed by atoms with Crippen LogP contribution in [0.4, 0.5) is 0 Å². The van der Waals surface area contributed by atoms with Crippen molar-refractivity contribution < 1.29 is 9.90 Å². The molecule has 1 saturated carbocycles. The van der Waals surface area contributed by atoms with E-state index in [1.54, 1.807) is 0 Å². The second kappa shape index (κ2) is 5.53. The van der Waals surface area contributed by atoms with Gasteiger partial charge < -0.3 is 15.0 Å². The number of carbonyl (C=O) groups excluding carboxylic acids is 1. The molecule has 2 N–H and O–H groups in total. The van der Waals surface area contributed by atoms with E-state index in [1.807, 2.05) is 29.0 Å². The first kappa shape index (κ1) is 14.1. The van der Waals surface area contributed by atoms with Crippen molar-refractivity contribution in [3.63, 3.8) is 0 Å². The Labute approximate surface area is 124 Å². The minimum Gasteiger partial charge on any atom is -0.394 e. The molecule has 0 bridgehead atoms. The molecule has 1 amide bonds. The van der Waals surface area contributed by atoms with E-state index >= 15 is 0 Å². The third kappa shape index (κ3) is 2.68. The van der Waals surface area contributed by atoms with Crippen LogP contribution < -0.4 is 5.32 Å². The maximum atomic E-state index is 12.3. The normalized spacial score (nSPS) is 17.2. The minimum absolute atomic E-state index is 0.0216. The van der Waals surface area contributed by atoms with Crippen molar-refractivity contribution >= 4 is 16.8 Å². The summed E-state index contributed by atoms with van der Waals surface area (Å²) in [4.78, 5) is 12.3. The van der Waals surface area contributed by atoms with Gasteiger partial charge in [0, 0.05) is 17.1 Å². The molecule has 1 heterocycles. The zero-order valence-electron chi connectivity index (χ0n) is 12.4. The van der Waals surface area contributed by atoms with Gasteiger partial charge in [-0.1, -0.05) is 31.0 Å². The van der Waals surface area contributed by atoms with Gasteiger partial charge in [-0.2, -0.15) is 0 Å². The van der Waals surface area contributed by atoms with Crippen molar-refractivity contribution in [2.24, 2.45) is 0 Å². The Hall–Kier alpha value is -1.81. The monoisotopic (exact) mass is 286 g/mol. The van der Waals surface area contributed by atoms with E-state index in [2.05, 4.69) is 18.3 Å². The van der Waals surface area contributed by atoms with Gasteiger partial charge in [-0.25, -0.2) is 0 Å². The van der Waals surface area contributed by atoms with Gasteiger partial charge in [0.25, 0.3) is 0 Å². The number of hydrogen-bond acceptors (Lipinski definition) is 2. The number of benzene rings is 1. The van der Waals surface area contributed by atoms with E-state index in [-0.39, 0.29) is 12.5 Å². The third-order valence-corrected chi connectivity index (χ3v) is 4.57. The van der Waals surface area contributed by atoms with Crippen molar-refractivity contribution in [1.82, 2.24) is 9.88 Å². The van der Waals surface area contributed by atoms with Gasteiger partial charge >= 0.3 is 0 Å². The Morgan fingerprint density at radius 2 is 2.05 bits per heavy atom. The Morgan fingerprint density at radius 3 is 2.76 bits per heavy atom. The van der Waals surface area contributed by atoms with Crippen molar-refractivity contribution in [3.8, 4) is 0 Å². The molecule has 0 atom stereocenters. The topological polar surface area (TPSA) is 54.3 Å². The second-order valence-corrected chi connectivity index (χ2v) is 6.15. The van der Waals surface area contributed by atoms with Gasteiger partial charge in [0.05, 0.1) is 12.1 Å². The number of aryl methyl sites for hydroxylation is 1. The Balaban J connectivity index is 1.77. The smallest absolute Gasteiger partial charge is 0.240 e. The van der Waals surface area contributed by atoms with Crippen molar-refractivity contribution in [2.75, 3.05) is 6.61 Å². The van der Waals surface area contributed by atoms with E-state index in [0.717, 1.165) is 31.2 Å². The molecule has 0 spiro atoms. The summed E-state index contributed by atoms with van der Waals surface area (Å²) < 4.78 is 1.99. The summed E-state index contributed by atoms with van der Waals surface area (Å²) in [6.07, 6.45) is 5.92. The molecule has 1 aliphatic carbocycles. The van der Waals surface area contributed by atoms with E-state index in [0.29, 0.717) is 6.54 Å². The summed E-state index contributed by atoms with van der Waals surface area (Å²) in [5.41, 5.74) is 1.86. The van der Waals surface area contributed by atoms with Crippen LogP contribution in [0, 0.1) is 6.92 Å². The SMILES string of the molecule is Cc1cn(CC(=O)NC2(CO)CCCC2)c2ccccc12. The molecule has 0 radical (unpaired) electrons. The van der Waals surface area contributed by atoms with E-state index in [1.165, 1.54) is 10.9 Å². The lowest BCUT2D eigenvalue weighted by Gasteiger charge is -2.28. The van der Waals surface area contributed by atoms with Crippen LogP contribution in [0.15, 0.2) is 30.5 Å². The van der Waals surface area contributed by atoms with Crippen LogP contribution in [0.3, 0.4) is 0 Å². The minimum atomic E-state index is -0.394. The highest BCUT2D eigenvalue weighted by atomic mass is 16.3. The molecule has 4 nitrogen and oxygen atoms in total. The summed E-state index contributed by atoms with van der Waals surface area (Å²) in [6, 6.07) is 8.11. The van der Waals surface area contributed by atoms with E-state index in [4.69, 9.17) is 0 Å². The number of hydrogen-bond donors (Lipinski definition) is 2. The highest BCUT2D eigenvalue weighted by Crippen LogP contribution is 2.29. The number of aliphatic hydroxyl groups excluding tert-OH is 1. The molecule has 0 aliphatic heterocycles. The number of rotatable bonds is 4. The molecule has 4 heteroatoms. The molecule has 21 heavy (non-hydrogen) atoms. The van der Waals surface area contributed by atoms with Crippen molar-refractivity contribution in [3.05, 3.63) is 36.0 Å². The maximum Gasteiger partial charge on any atom is 0.240 e. The van der Waals surface area contributed by atoms with Crippen LogP contribution in [-0.4, -0.2) is 27.7 Å². The third-order valence-electron chi connectivity index (χ3n) is 4.57.